The molecule has 0 spiro atoms. The summed E-state index contributed by atoms with van der Waals surface area (Å²) in [7, 11) is 0. The second kappa shape index (κ2) is 3.23. The number of rotatable bonds is 0. The molecule has 0 saturated carbocycles. The van der Waals surface area contributed by atoms with E-state index in [1.54, 1.807) is 12.3 Å². The number of aromatic amines is 1. The Morgan fingerprint density at radius 2 is 2.38 bits per heavy atom. The van der Waals surface area contributed by atoms with E-state index in [-0.39, 0.29) is 5.48 Å². The summed E-state index contributed by atoms with van der Waals surface area (Å²) in [4.78, 5) is 0. The van der Waals surface area contributed by atoms with E-state index in [9.17, 15) is 0 Å². The molecule has 3 N–H and O–H groups in total. The molecule has 0 fully saturated rings. The first-order chi connectivity index (χ1) is 3.39. The van der Waals surface area contributed by atoms with Crippen molar-refractivity contribution in [1.82, 2.24) is 15.4 Å². The highest BCUT2D eigenvalue weighted by Crippen LogP contribution is 1.72. The topological polar surface area (TPSA) is 73.1 Å². The van der Waals surface area contributed by atoms with Gasteiger partial charge in [0, 0.05) is 0 Å². The van der Waals surface area contributed by atoms with Gasteiger partial charge in [-0.05, 0) is 6.07 Å². The molecule has 1 aromatic heterocycles. The van der Waals surface area contributed by atoms with E-state index in [0.717, 1.165) is 0 Å². The lowest BCUT2D eigenvalue weighted by molar-refractivity contribution is 0.824. The molecular weight excluding hydrogens is 126 g/mol. The van der Waals surface area contributed by atoms with Gasteiger partial charge in [0.05, 0.1) is 6.20 Å². The highest BCUT2D eigenvalue weighted by Gasteiger charge is 1.67. The zero-order valence-electron chi connectivity index (χ0n) is 3.96. The highest BCUT2D eigenvalue weighted by molar-refractivity contribution is 7.71. The average molecular weight is 131 g/mol. The molecule has 0 atom stereocenters. The van der Waals surface area contributed by atoms with Crippen LogP contribution in [0, 0.1) is 4.64 Å². The first-order valence-electron chi connectivity index (χ1n) is 1.76. The second-order valence-electron chi connectivity index (χ2n) is 1.01. The van der Waals surface area contributed by atoms with Gasteiger partial charge in [-0.2, -0.15) is 0 Å². The fraction of sp³-hybridized carbons (Fsp3) is 0. The first kappa shape index (κ1) is 7.19. The summed E-state index contributed by atoms with van der Waals surface area (Å²) in [5.74, 6) is 0. The van der Waals surface area contributed by atoms with Crippen molar-refractivity contribution in [2.75, 3.05) is 0 Å². The summed E-state index contributed by atoms with van der Waals surface area (Å²) >= 11 is 4.65. The molecule has 4 nitrogen and oxygen atoms in total. The van der Waals surface area contributed by atoms with Crippen LogP contribution in [0.5, 0.6) is 0 Å². The van der Waals surface area contributed by atoms with Crippen LogP contribution in [0.4, 0.5) is 0 Å². The Balaban J connectivity index is 0.000000490. The van der Waals surface area contributed by atoms with Crippen molar-refractivity contribution in [2.24, 2.45) is 0 Å². The predicted octanol–water partition coefficient (Wildman–Crippen LogP) is -0.291. The molecule has 5 heteroatoms. The third kappa shape index (κ3) is 1.76. The molecule has 0 aliphatic rings. The maximum Gasteiger partial charge on any atom is 0.122 e. The fourth-order valence-corrected chi connectivity index (χ4v) is 0.351. The van der Waals surface area contributed by atoms with Crippen molar-refractivity contribution < 1.29 is 5.48 Å². The number of hydrogen-bond donors (Lipinski definition) is 1. The third-order valence-corrected chi connectivity index (χ3v) is 0.738. The summed E-state index contributed by atoms with van der Waals surface area (Å²) in [6.45, 7) is 0. The molecule has 0 unspecified atom stereocenters. The van der Waals surface area contributed by atoms with Gasteiger partial charge in [-0.15, -0.1) is 5.10 Å². The lowest BCUT2D eigenvalue weighted by Crippen LogP contribution is -1.81. The molecule has 0 radical (unpaired) electrons. The summed E-state index contributed by atoms with van der Waals surface area (Å²) in [5.41, 5.74) is 0. The Morgan fingerprint density at radius 1 is 1.62 bits per heavy atom. The van der Waals surface area contributed by atoms with Gasteiger partial charge in [0.1, 0.15) is 4.64 Å². The average Bonchev–Trinajstić information content (AvgIpc) is 1.69. The SMILES string of the molecule is O.S=c1ccnn[nH]1. The Kier molecular flexibility index (Phi) is 2.90. The number of aromatic nitrogens is 3. The Bertz CT molecular complexity index is 180. The minimum Gasteiger partial charge on any atom is -0.412 e. The van der Waals surface area contributed by atoms with Crippen LogP contribution in [0.2, 0.25) is 0 Å². The van der Waals surface area contributed by atoms with E-state index in [1.807, 2.05) is 0 Å². The van der Waals surface area contributed by atoms with E-state index in [1.165, 1.54) is 0 Å². The van der Waals surface area contributed by atoms with Gasteiger partial charge in [-0.3, -0.25) is 0 Å². The van der Waals surface area contributed by atoms with Gasteiger partial charge >= 0.3 is 0 Å². The number of nitrogens with one attached hydrogen (secondary N) is 1. The standard InChI is InChI=1S/C3H3N3S.H2O/c7-3-1-2-4-6-5-3;/h1-2H,(H,4,5,7);1H2. The van der Waals surface area contributed by atoms with Crippen molar-refractivity contribution in [1.29, 1.82) is 0 Å². The molecule has 0 amide bonds. The molecule has 0 bridgehead atoms. The zero-order chi connectivity index (χ0) is 5.11. The maximum atomic E-state index is 4.65. The predicted molar refractivity (Wildman–Crippen MR) is 30.8 cm³/mol. The smallest absolute Gasteiger partial charge is 0.122 e. The van der Waals surface area contributed by atoms with Gasteiger partial charge in [-0.25, -0.2) is 5.10 Å². The molecule has 1 rings (SSSR count). The van der Waals surface area contributed by atoms with Gasteiger partial charge in [0.15, 0.2) is 0 Å². The van der Waals surface area contributed by atoms with Gasteiger partial charge in [0.25, 0.3) is 0 Å². The van der Waals surface area contributed by atoms with Gasteiger partial charge in [-0.1, -0.05) is 17.4 Å². The largest absolute Gasteiger partial charge is 0.412 e. The Hall–Kier alpha value is -0.810. The number of nitrogens with zero attached hydrogens (tertiary/aromatic N) is 2. The summed E-state index contributed by atoms with van der Waals surface area (Å²) < 4.78 is 0.606. The minimum atomic E-state index is 0. The fourth-order valence-electron chi connectivity index (χ4n) is 0.250. The molecule has 1 heterocycles. The minimum absolute atomic E-state index is 0. The van der Waals surface area contributed by atoms with E-state index in [4.69, 9.17) is 0 Å². The van der Waals surface area contributed by atoms with E-state index in [2.05, 4.69) is 27.6 Å². The molecule has 0 aromatic carbocycles. The molecule has 0 aliphatic heterocycles. The van der Waals surface area contributed by atoms with Crippen LogP contribution in [0.1, 0.15) is 0 Å². The number of hydrogen-bond acceptors (Lipinski definition) is 3. The Morgan fingerprint density at radius 3 is 2.62 bits per heavy atom. The summed E-state index contributed by atoms with van der Waals surface area (Å²) in [6, 6.07) is 1.67. The van der Waals surface area contributed by atoms with Crippen LogP contribution in [0.15, 0.2) is 12.3 Å². The maximum absolute atomic E-state index is 4.65. The van der Waals surface area contributed by atoms with Crippen LogP contribution >= 0.6 is 12.2 Å². The molecule has 0 saturated heterocycles. The van der Waals surface area contributed by atoms with Crippen molar-refractivity contribution >= 4 is 12.2 Å². The lowest BCUT2D eigenvalue weighted by Gasteiger charge is -1.74. The molecule has 1 aromatic rings. The monoisotopic (exact) mass is 131 g/mol. The van der Waals surface area contributed by atoms with Gasteiger partial charge in [0.2, 0.25) is 0 Å². The lowest BCUT2D eigenvalue weighted by atomic mass is 10.7. The second-order valence-corrected chi connectivity index (χ2v) is 1.45. The quantitative estimate of drug-likeness (QED) is 0.492. The normalized spacial score (nSPS) is 7.50. The van der Waals surface area contributed by atoms with Crippen molar-refractivity contribution in [3.05, 3.63) is 16.9 Å². The van der Waals surface area contributed by atoms with Gasteiger partial charge < -0.3 is 5.48 Å². The van der Waals surface area contributed by atoms with Crippen LogP contribution < -0.4 is 0 Å². The van der Waals surface area contributed by atoms with E-state index >= 15 is 0 Å². The van der Waals surface area contributed by atoms with Crippen LogP contribution in [0.3, 0.4) is 0 Å². The van der Waals surface area contributed by atoms with Crippen LogP contribution in [-0.2, 0) is 0 Å². The highest BCUT2D eigenvalue weighted by atomic mass is 32.1. The van der Waals surface area contributed by atoms with E-state index < -0.39 is 0 Å². The van der Waals surface area contributed by atoms with Crippen LogP contribution in [0.25, 0.3) is 0 Å². The van der Waals surface area contributed by atoms with Crippen molar-refractivity contribution in [3.8, 4) is 0 Å². The van der Waals surface area contributed by atoms with E-state index in [0.29, 0.717) is 4.64 Å². The first-order valence-corrected chi connectivity index (χ1v) is 2.17. The summed E-state index contributed by atoms with van der Waals surface area (Å²) in [6.07, 6.45) is 1.54. The van der Waals surface area contributed by atoms with Crippen molar-refractivity contribution in [2.45, 2.75) is 0 Å². The number of H-pyrrole nitrogens is 1. The Labute approximate surface area is 50.9 Å². The van der Waals surface area contributed by atoms with Crippen molar-refractivity contribution in [3.63, 3.8) is 0 Å². The summed E-state index contributed by atoms with van der Waals surface area (Å²) in [5, 5.41) is 9.36. The zero-order valence-corrected chi connectivity index (χ0v) is 4.77. The molecule has 0 aliphatic carbocycles. The molecule has 44 valence electrons. The van der Waals surface area contributed by atoms with Crippen LogP contribution in [-0.4, -0.2) is 20.9 Å². The molecule has 8 heavy (non-hydrogen) atoms. The molecular formula is C3H5N3OS. The third-order valence-electron chi connectivity index (χ3n) is 0.511.